The summed E-state index contributed by atoms with van der Waals surface area (Å²) in [5.41, 5.74) is 0.267. The summed E-state index contributed by atoms with van der Waals surface area (Å²) in [7, 11) is 2.99. The van der Waals surface area contributed by atoms with Crippen molar-refractivity contribution in [2.75, 3.05) is 20.5 Å². The first-order chi connectivity index (χ1) is 16.2. The van der Waals surface area contributed by atoms with Crippen molar-refractivity contribution in [1.29, 1.82) is 0 Å². The maximum absolute atomic E-state index is 13.5. The van der Waals surface area contributed by atoms with Crippen LogP contribution in [0.3, 0.4) is 0 Å². The lowest BCUT2D eigenvalue weighted by atomic mass is 10.1. The van der Waals surface area contributed by atoms with Gasteiger partial charge in [0.05, 0.1) is 26.3 Å². The molecule has 4 aromatic rings. The van der Waals surface area contributed by atoms with Crippen LogP contribution in [0.5, 0.6) is 17.2 Å². The number of aromatic nitrogens is 3. The number of thioether (sulfide) groups is 1. The lowest BCUT2D eigenvalue weighted by molar-refractivity contribution is -0.274. The molecule has 0 radical (unpaired) electrons. The van der Waals surface area contributed by atoms with Crippen LogP contribution in [-0.4, -0.2) is 41.4 Å². The fourth-order valence-electron chi connectivity index (χ4n) is 3.35. The first-order valence-electron chi connectivity index (χ1n) is 9.75. The Kier molecular flexibility index (Phi) is 6.71. The van der Waals surface area contributed by atoms with Crippen molar-refractivity contribution in [3.63, 3.8) is 0 Å². The minimum absolute atomic E-state index is 0.0189. The van der Waals surface area contributed by atoms with Crippen LogP contribution < -0.4 is 19.8 Å². The summed E-state index contributed by atoms with van der Waals surface area (Å²) in [6, 6.07) is 10.6. The molecule has 0 fully saturated rings. The SMILES string of the molecule is COc1ccc(Cn2c(-c3ccccc3OC(F)(F)F)nc3sc(SC)nc3c2=O)c(OC)c1. The standard InChI is InChI=1S/C22H18F3N3O4S2/c1-30-13-9-8-12(16(10-13)31-2)11-28-18(14-6-4-5-7-15(14)32-22(23,24)25)27-19-17(20(28)29)26-21(33-3)34-19/h4-10H,11H2,1-3H3. The van der Waals surface area contributed by atoms with Crippen LogP contribution in [0.2, 0.25) is 0 Å². The van der Waals surface area contributed by atoms with Crippen LogP contribution in [0.4, 0.5) is 13.2 Å². The van der Waals surface area contributed by atoms with Gasteiger partial charge in [0.2, 0.25) is 0 Å². The zero-order chi connectivity index (χ0) is 24.5. The van der Waals surface area contributed by atoms with Crippen molar-refractivity contribution >= 4 is 33.4 Å². The molecule has 0 bridgehead atoms. The van der Waals surface area contributed by atoms with Crippen molar-refractivity contribution in [1.82, 2.24) is 14.5 Å². The van der Waals surface area contributed by atoms with Crippen LogP contribution in [0, 0.1) is 0 Å². The summed E-state index contributed by atoms with van der Waals surface area (Å²) in [6.45, 7) is -0.0310. The van der Waals surface area contributed by atoms with E-state index >= 15 is 0 Å². The number of benzene rings is 2. The number of nitrogens with zero attached hydrogens (tertiary/aromatic N) is 3. The fourth-order valence-corrected chi connectivity index (χ4v) is 4.76. The second-order valence-corrected chi connectivity index (χ2v) is 8.92. The largest absolute Gasteiger partial charge is 0.573 e. The summed E-state index contributed by atoms with van der Waals surface area (Å²) in [5, 5.41) is 0. The Morgan fingerprint density at radius 1 is 1.06 bits per heavy atom. The number of hydrogen-bond acceptors (Lipinski definition) is 8. The first-order valence-corrected chi connectivity index (χ1v) is 11.8. The number of hydrogen-bond donors (Lipinski definition) is 0. The van der Waals surface area contributed by atoms with Crippen molar-refractivity contribution in [3.8, 4) is 28.6 Å². The number of fused-ring (bicyclic) bond motifs is 1. The molecule has 7 nitrogen and oxygen atoms in total. The highest BCUT2D eigenvalue weighted by Gasteiger charge is 2.33. The van der Waals surface area contributed by atoms with Crippen molar-refractivity contribution < 1.29 is 27.4 Å². The number of methoxy groups -OCH3 is 2. The van der Waals surface area contributed by atoms with Gasteiger partial charge in [-0.25, -0.2) is 9.97 Å². The van der Waals surface area contributed by atoms with E-state index in [0.29, 0.717) is 26.2 Å². The summed E-state index contributed by atoms with van der Waals surface area (Å²) >= 11 is 2.54. The molecule has 0 N–H and O–H groups in total. The van der Waals surface area contributed by atoms with E-state index < -0.39 is 17.7 Å². The van der Waals surface area contributed by atoms with Crippen LogP contribution >= 0.6 is 23.1 Å². The molecule has 4 rings (SSSR count). The van der Waals surface area contributed by atoms with Gasteiger partial charge in [-0.15, -0.1) is 13.2 Å². The van der Waals surface area contributed by atoms with Gasteiger partial charge in [-0.2, -0.15) is 0 Å². The van der Waals surface area contributed by atoms with Crippen molar-refractivity contribution in [2.24, 2.45) is 0 Å². The normalized spacial score (nSPS) is 11.6. The van der Waals surface area contributed by atoms with Gasteiger partial charge >= 0.3 is 6.36 Å². The van der Waals surface area contributed by atoms with Gasteiger partial charge in [-0.1, -0.05) is 35.2 Å². The summed E-state index contributed by atoms with van der Waals surface area (Å²) in [4.78, 5) is 22.7. The van der Waals surface area contributed by atoms with E-state index in [-0.39, 0.29) is 23.4 Å². The highest BCUT2D eigenvalue weighted by molar-refractivity contribution is 8.00. The van der Waals surface area contributed by atoms with Crippen LogP contribution in [0.15, 0.2) is 51.6 Å². The molecule has 12 heteroatoms. The van der Waals surface area contributed by atoms with Crippen LogP contribution in [0.25, 0.3) is 21.7 Å². The van der Waals surface area contributed by atoms with E-state index in [9.17, 15) is 18.0 Å². The third kappa shape index (κ3) is 4.82. The molecule has 2 aromatic heterocycles. The molecule has 0 aliphatic rings. The third-order valence-corrected chi connectivity index (χ3v) is 6.79. The third-order valence-electron chi connectivity index (χ3n) is 4.85. The molecule has 34 heavy (non-hydrogen) atoms. The van der Waals surface area contributed by atoms with E-state index in [1.807, 2.05) is 6.26 Å². The zero-order valence-electron chi connectivity index (χ0n) is 18.2. The number of para-hydroxylation sites is 1. The Labute approximate surface area is 200 Å². The Morgan fingerprint density at radius 2 is 1.82 bits per heavy atom. The minimum atomic E-state index is -4.92. The molecule has 178 valence electrons. The van der Waals surface area contributed by atoms with Crippen molar-refractivity contribution in [3.05, 3.63) is 58.4 Å². The quantitative estimate of drug-likeness (QED) is 0.317. The fraction of sp³-hybridized carbons (Fsp3) is 0.227. The molecule has 0 aliphatic carbocycles. The Balaban J connectivity index is 1.96. The Hall–Kier alpha value is -3.25. The number of ether oxygens (including phenoxy) is 3. The molecular formula is C22H18F3N3O4S2. The van der Waals surface area contributed by atoms with Gasteiger partial charge in [0.15, 0.2) is 14.7 Å². The predicted molar refractivity (Wildman–Crippen MR) is 124 cm³/mol. The molecule has 2 aromatic carbocycles. The zero-order valence-corrected chi connectivity index (χ0v) is 19.8. The van der Waals surface area contributed by atoms with Gasteiger partial charge in [-0.3, -0.25) is 9.36 Å². The monoisotopic (exact) mass is 509 g/mol. The smallest absolute Gasteiger partial charge is 0.497 e. The van der Waals surface area contributed by atoms with Gasteiger partial charge in [0.25, 0.3) is 5.56 Å². The van der Waals surface area contributed by atoms with E-state index in [0.717, 1.165) is 0 Å². The molecule has 0 atom stereocenters. The highest BCUT2D eigenvalue weighted by atomic mass is 32.2. The predicted octanol–water partition coefficient (Wildman–Crippen LogP) is 5.21. The van der Waals surface area contributed by atoms with Gasteiger partial charge in [-0.05, 0) is 30.5 Å². The van der Waals surface area contributed by atoms with Crippen molar-refractivity contribution in [2.45, 2.75) is 17.2 Å². The molecule has 0 saturated carbocycles. The second-order valence-electron chi connectivity index (χ2n) is 6.89. The lowest BCUT2D eigenvalue weighted by Crippen LogP contribution is -2.25. The first kappa shape index (κ1) is 23.9. The summed E-state index contributed by atoms with van der Waals surface area (Å²) in [6.07, 6.45) is -3.10. The van der Waals surface area contributed by atoms with E-state index in [2.05, 4.69) is 14.7 Å². The Bertz CT molecular complexity index is 1400. The van der Waals surface area contributed by atoms with Crippen LogP contribution in [0.1, 0.15) is 5.56 Å². The average molecular weight is 510 g/mol. The summed E-state index contributed by atoms with van der Waals surface area (Å²) < 4.78 is 56.0. The van der Waals surface area contributed by atoms with E-state index in [1.54, 1.807) is 24.3 Å². The second kappa shape index (κ2) is 9.55. The molecule has 2 heterocycles. The average Bonchev–Trinajstić information content (AvgIpc) is 3.24. The lowest BCUT2D eigenvalue weighted by Gasteiger charge is -2.17. The van der Waals surface area contributed by atoms with E-state index in [1.165, 1.54) is 60.1 Å². The van der Waals surface area contributed by atoms with Crippen LogP contribution in [-0.2, 0) is 6.54 Å². The molecule has 0 amide bonds. The molecule has 0 unspecified atom stereocenters. The summed E-state index contributed by atoms with van der Waals surface area (Å²) in [5.74, 6) is 0.549. The van der Waals surface area contributed by atoms with E-state index in [4.69, 9.17) is 9.47 Å². The number of rotatable bonds is 7. The molecule has 0 spiro atoms. The number of alkyl halides is 3. The Morgan fingerprint density at radius 3 is 2.50 bits per heavy atom. The minimum Gasteiger partial charge on any atom is -0.497 e. The van der Waals surface area contributed by atoms with Gasteiger partial charge in [0.1, 0.15) is 23.1 Å². The molecular weight excluding hydrogens is 491 g/mol. The van der Waals surface area contributed by atoms with Gasteiger partial charge < -0.3 is 14.2 Å². The maximum atomic E-state index is 13.5. The number of halogens is 3. The maximum Gasteiger partial charge on any atom is 0.573 e. The molecule has 0 saturated heterocycles. The topological polar surface area (TPSA) is 75.5 Å². The number of thiazole rings is 1. The molecule has 0 aliphatic heterocycles. The van der Waals surface area contributed by atoms with Gasteiger partial charge in [0, 0.05) is 11.6 Å². The highest BCUT2D eigenvalue weighted by Crippen LogP contribution is 2.35.